The molecule has 1 N–H and O–H groups in total. The van der Waals surface area contributed by atoms with Crippen LogP contribution in [0.5, 0.6) is 5.75 Å². The fourth-order valence-corrected chi connectivity index (χ4v) is 4.44. The molecule has 1 aromatic carbocycles. The molecule has 1 heterocycles. The van der Waals surface area contributed by atoms with Gasteiger partial charge in [0.25, 0.3) is 5.91 Å². The quantitative estimate of drug-likeness (QED) is 0.711. The number of carbonyl (C=O) groups is 1. The second-order valence-corrected chi connectivity index (χ2v) is 9.95. The predicted octanol–water partition coefficient (Wildman–Crippen LogP) is 2.43. The number of hydrogen-bond acceptors (Lipinski definition) is 6. The zero-order valence-electron chi connectivity index (χ0n) is 18.8. The number of likely N-dealkylation sites (N-methyl/N-ethyl adjacent to an activating group) is 2. The van der Waals surface area contributed by atoms with E-state index in [-0.39, 0.29) is 47.6 Å². The van der Waals surface area contributed by atoms with Gasteiger partial charge in [-0.2, -0.15) is 13.2 Å². The summed E-state index contributed by atoms with van der Waals surface area (Å²) in [4.78, 5) is 16.6. The fourth-order valence-electron chi connectivity index (χ4n) is 3.45. The van der Waals surface area contributed by atoms with Crippen molar-refractivity contribution in [3.8, 4) is 5.75 Å². The van der Waals surface area contributed by atoms with Crippen molar-refractivity contribution in [3.63, 3.8) is 0 Å². The Morgan fingerprint density at radius 1 is 1.22 bits per heavy atom. The first kappa shape index (κ1) is 26.2. The molecule has 0 spiro atoms. The minimum Gasteiger partial charge on any atom is -0.491 e. The van der Waals surface area contributed by atoms with Crippen LogP contribution in [0.25, 0.3) is 0 Å². The number of nitrogens with zero attached hydrogens (tertiary/aromatic N) is 2. The topological polar surface area (TPSA) is 88.2 Å². The van der Waals surface area contributed by atoms with Crippen molar-refractivity contribution in [3.05, 3.63) is 23.8 Å². The highest BCUT2D eigenvalue weighted by molar-refractivity contribution is 7.92. The van der Waals surface area contributed by atoms with Gasteiger partial charge in [0.2, 0.25) is 10.0 Å². The van der Waals surface area contributed by atoms with Crippen molar-refractivity contribution < 1.29 is 35.9 Å². The van der Waals surface area contributed by atoms with Crippen LogP contribution in [0.1, 0.15) is 24.2 Å². The van der Waals surface area contributed by atoms with Gasteiger partial charge in [0.1, 0.15) is 12.4 Å². The van der Waals surface area contributed by atoms with E-state index in [9.17, 15) is 26.4 Å². The number of hydrogen-bond donors (Lipinski definition) is 1. The summed E-state index contributed by atoms with van der Waals surface area (Å²) in [5.74, 6) is -2.18. The molecule has 1 amide bonds. The molecular weight excluding hydrogens is 451 g/mol. The predicted molar refractivity (Wildman–Crippen MR) is 114 cm³/mol. The third kappa shape index (κ3) is 7.24. The molecule has 32 heavy (non-hydrogen) atoms. The third-order valence-corrected chi connectivity index (χ3v) is 6.64. The molecule has 8 nitrogen and oxygen atoms in total. The van der Waals surface area contributed by atoms with Crippen molar-refractivity contribution in [2.45, 2.75) is 32.2 Å². The highest BCUT2D eigenvalue weighted by Crippen LogP contribution is 2.28. The Bertz CT molecular complexity index is 910. The molecular formula is C20H30F3N3O5S. The zero-order chi connectivity index (χ0) is 24.3. The van der Waals surface area contributed by atoms with E-state index >= 15 is 0 Å². The Kier molecular flexibility index (Phi) is 8.40. The number of amides is 1. The zero-order valence-corrected chi connectivity index (χ0v) is 19.6. The number of anilines is 1. The first-order chi connectivity index (χ1) is 14.7. The minimum atomic E-state index is -4.88. The van der Waals surface area contributed by atoms with Gasteiger partial charge in [-0.25, -0.2) is 8.42 Å². The molecule has 0 aromatic heterocycles. The number of fused-ring (bicyclic) bond motifs is 1. The minimum absolute atomic E-state index is 0.0550. The van der Waals surface area contributed by atoms with Crippen molar-refractivity contribution in [1.29, 1.82) is 0 Å². The summed E-state index contributed by atoms with van der Waals surface area (Å²) in [6.07, 6.45) is -5.09. The van der Waals surface area contributed by atoms with Gasteiger partial charge in [0.05, 0.1) is 17.4 Å². The average molecular weight is 482 g/mol. The molecule has 0 bridgehead atoms. The van der Waals surface area contributed by atoms with Crippen LogP contribution < -0.4 is 9.46 Å². The van der Waals surface area contributed by atoms with Crippen molar-refractivity contribution in [2.24, 2.45) is 5.92 Å². The molecule has 2 rings (SSSR count). The summed E-state index contributed by atoms with van der Waals surface area (Å²) in [5.41, 5.74) is 0.0455. The Balaban J connectivity index is 2.39. The summed E-state index contributed by atoms with van der Waals surface area (Å²) >= 11 is 0. The van der Waals surface area contributed by atoms with E-state index in [1.807, 2.05) is 25.6 Å². The summed E-state index contributed by atoms with van der Waals surface area (Å²) in [5, 5.41) is 0. The number of halogens is 3. The maximum absolute atomic E-state index is 13.0. The van der Waals surface area contributed by atoms with Crippen LogP contribution in [-0.4, -0.2) is 89.1 Å². The number of rotatable bonds is 4. The van der Waals surface area contributed by atoms with E-state index in [1.165, 1.54) is 23.1 Å². The monoisotopic (exact) mass is 481 g/mol. The van der Waals surface area contributed by atoms with Crippen LogP contribution in [0.15, 0.2) is 18.2 Å². The molecule has 0 saturated carbocycles. The second-order valence-electron chi connectivity index (χ2n) is 8.22. The maximum Gasteiger partial charge on any atom is 0.404 e. The largest absolute Gasteiger partial charge is 0.491 e. The van der Waals surface area contributed by atoms with Crippen LogP contribution in [0.3, 0.4) is 0 Å². The van der Waals surface area contributed by atoms with Gasteiger partial charge in [-0.3, -0.25) is 14.4 Å². The van der Waals surface area contributed by atoms with Crippen molar-refractivity contribution >= 4 is 21.6 Å². The summed E-state index contributed by atoms with van der Waals surface area (Å²) in [7, 11) is 0.463. The molecule has 1 aliphatic heterocycles. The number of alkyl halides is 3. The summed E-state index contributed by atoms with van der Waals surface area (Å²) in [6, 6.07) is 3.75. The lowest BCUT2D eigenvalue weighted by atomic mass is 10.0. The molecule has 0 saturated heterocycles. The Morgan fingerprint density at radius 3 is 2.47 bits per heavy atom. The van der Waals surface area contributed by atoms with E-state index in [0.717, 1.165) is 0 Å². The van der Waals surface area contributed by atoms with Crippen LogP contribution >= 0.6 is 0 Å². The fraction of sp³-hybridized carbons (Fsp3) is 0.650. The number of methoxy groups -OCH3 is 1. The molecule has 3 atom stereocenters. The first-order valence-corrected chi connectivity index (χ1v) is 11.7. The Labute approximate surface area is 186 Å². The van der Waals surface area contributed by atoms with E-state index in [0.29, 0.717) is 13.1 Å². The highest BCUT2D eigenvalue weighted by Gasteiger charge is 2.35. The smallest absolute Gasteiger partial charge is 0.404 e. The van der Waals surface area contributed by atoms with Gasteiger partial charge in [-0.05, 0) is 32.0 Å². The summed E-state index contributed by atoms with van der Waals surface area (Å²) in [6.45, 7) is 5.16. The molecule has 0 aliphatic carbocycles. The number of carbonyl (C=O) groups excluding carboxylic acids is 1. The molecule has 0 radical (unpaired) electrons. The highest BCUT2D eigenvalue weighted by atomic mass is 32.2. The second kappa shape index (κ2) is 10.3. The lowest BCUT2D eigenvalue weighted by Crippen LogP contribution is -2.45. The van der Waals surface area contributed by atoms with Crippen molar-refractivity contribution in [1.82, 2.24) is 9.80 Å². The Hall–Kier alpha value is -2.05. The Morgan fingerprint density at radius 2 is 1.88 bits per heavy atom. The van der Waals surface area contributed by atoms with E-state index < -0.39 is 22.0 Å². The van der Waals surface area contributed by atoms with Gasteiger partial charge in [0, 0.05) is 39.4 Å². The molecule has 12 heteroatoms. The van der Waals surface area contributed by atoms with Crippen LogP contribution in [-0.2, 0) is 14.8 Å². The van der Waals surface area contributed by atoms with Gasteiger partial charge in [-0.15, -0.1) is 0 Å². The van der Waals surface area contributed by atoms with E-state index in [1.54, 1.807) is 14.2 Å². The maximum atomic E-state index is 13.0. The van der Waals surface area contributed by atoms with Gasteiger partial charge in [0.15, 0.2) is 5.75 Å². The lowest BCUT2D eigenvalue weighted by molar-refractivity contribution is -0.106. The number of benzene rings is 1. The van der Waals surface area contributed by atoms with Gasteiger partial charge in [-0.1, -0.05) is 6.92 Å². The molecule has 0 unspecified atom stereocenters. The standard InChI is InChI=1S/C20H30F3N3O5S/c1-13-9-25(3)14(2)11-31-17-8-15(24-32(28,29)12-20(21,22)23)6-7-16(17)19(27)26(4)10-18(13)30-5/h6-8,13-14,18,24H,9-12H2,1-5H3/t13-,14-,18-/m1/s1. The molecule has 0 fully saturated rings. The van der Waals surface area contributed by atoms with Crippen LogP contribution in [0, 0.1) is 5.92 Å². The first-order valence-electron chi connectivity index (χ1n) is 10.0. The lowest BCUT2D eigenvalue weighted by Gasteiger charge is -2.34. The normalized spacial score (nSPS) is 24.2. The molecule has 1 aliphatic rings. The van der Waals surface area contributed by atoms with Crippen LogP contribution in [0.2, 0.25) is 0 Å². The van der Waals surface area contributed by atoms with Crippen molar-refractivity contribution in [2.75, 3.05) is 51.4 Å². The SMILES string of the molecule is CO[C@@H]1CN(C)C(=O)c2ccc(NS(=O)(=O)CC(F)(F)F)cc2OC[C@@H](C)N(C)C[C@H]1C. The molecule has 182 valence electrons. The van der Waals surface area contributed by atoms with Crippen LogP contribution in [0.4, 0.5) is 18.9 Å². The van der Waals surface area contributed by atoms with Gasteiger partial charge < -0.3 is 14.4 Å². The number of nitrogens with one attached hydrogen (secondary N) is 1. The third-order valence-electron chi connectivity index (χ3n) is 5.39. The average Bonchev–Trinajstić information content (AvgIpc) is 2.66. The summed E-state index contributed by atoms with van der Waals surface area (Å²) < 4.78 is 74.6. The van der Waals surface area contributed by atoms with Gasteiger partial charge >= 0.3 is 6.18 Å². The molecule has 1 aromatic rings. The van der Waals surface area contributed by atoms with E-state index in [4.69, 9.17) is 9.47 Å². The number of ether oxygens (including phenoxy) is 2. The van der Waals surface area contributed by atoms with E-state index in [2.05, 4.69) is 4.90 Å². The number of sulfonamides is 1.